The maximum Gasteiger partial charge on any atom is 0.160 e. The number of hydrogen-bond donors (Lipinski definition) is 0. The van der Waals surface area contributed by atoms with Gasteiger partial charge in [0.15, 0.2) is 5.78 Å². The Morgan fingerprint density at radius 3 is 2.58 bits per heavy atom. The molecule has 1 nitrogen and oxygen atoms in total. The van der Waals surface area contributed by atoms with Crippen molar-refractivity contribution in [1.82, 2.24) is 0 Å². The minimum absolute atomic E-state index is 0.112. The highest BCUT2D eigenvalue weighted by Gasteiger charge is 2.07. The van der Waals surface area contributed by atoms with Crippen LogP contribution in [0.4, 0.5) is 4.39 Å². The molecule has 0 atom stereocenters. The molecule has 0 amide bonds. The Morgan fingerprint density at radius 1 is 1.50 bits per heavy atom. The molecule has 1 aromatic rings. The fraction of sp³-hybridized carbons (Fsp3) is 0.222. The summed E-state index contributed by atoms with van der Waals surface area (Å²) in [6.07, 6.45) is 0. The van der Waals surface area contributed by atoms with E-state index in [9.17, 15) is 9.18 Å². The van der Waals surface area contributed by atoms with Crippen LogP contribution in [0.15, 0.2) is 16.6 Å². The van der Waals surface area contributed by atoms with Crippen LogP contribution in [0.5, 0.6) is 0 Å². The van der Waals surface area contributed by atoms with Crippen molar-refractivity contribution in [3.63, 3.8) is 0 Å². The molecule has 0 heterocycles. The standard InChI is InChI=1S/C9H8BrFO/c1-5-3-8(10)9(11)4-7(5)6(2)12/h3-4H,1-2H3. The van der Waals surface area contributed by atoms with Gasteiger partial charge in [-0.1, -0.05) is 0 Å². The summed E-state index contributed by atoms with van der Waals surface area (Å²) in [6.45, 7) is 3.20. The van der Waals surface area contributed by atoms with E-state index in [4.69, 9.17) is 0 Å². The molecule has 0 fully saturated rings. The zero-order valence-corrected chi connectivity index (χ0v) is 8.40. The summed E-state index contributed by atoms with van der Waals surface area (Å²) in [4.78, 5) is 10.9. The highest BCUT2D eigenvalue weighted by atomic mass is 79.9. The second kappa shape index (κ2) is 3.35. The van der Waals surface area contributed by atoms with E-state index in [1.807, 2.05) is 0 Å². The number of Topliss-reactive ketones (excluding diaryl/α,β-unsaturated/α-hetero) is 1. The lowest BCUT2D eigenvalue weighted by atomic mass is 10.1. The second-order valence-corrected chi connectivity index (χ2v) is 3.49. The number of carbonyl (C=O) groups excluding carboxylic acids is 1. The van der Waals surface area contributed by atoms with Crippen LogP contribution in [0.1, 0.15) is 22.8 Å². The molecule has 0 spiro atoms. The Kier molecular flexibility index (Phi) is 2.62. The summed E-state index contributed by atoms with van der Waals surface area (Å²) in [6, 6.07) is 2.85. The molecule has 0 aliphatic carbocycles. The van der Waals surface area contributed by atoms with Gasteiger partial charge < -0.3 is 0 Å². The SMILES string of the molecule is CC(=O)c1cc(F)c(Br)cc1C. The summed E-state index contributed by atoms with van der Waals surface area (Å²) in [5.74, 6) is -0.510. The van der Waals surface area contributed by atoms with E-state index in [1.165, 1.54) is 13.0 Å². The van der Waals surface area contributed by atoms with Gasteiger partial charge in [-0.15, -0.1) is 0 Å². The van der Waals surface area contributed by atoms with Crippen molar-refractivity contribution >= 4 is 21.7 Å². The number of halogens is 2. The van der Waals surface area contributed by atoms with Crippen molar-refractivity contribution in [2.75, 3.05) is 0 Å². The Balaban J connectivity index is 3.33. The maximum absolute atomic E-state index is 12.9. The van der Waals surface area contributed by atoms with Gasteiger partial charge in [-0.05, 0) is 47.5 Å². The summed E-state index contributed by atoms with van der Waals surface area (Å²) in [7, 11) is 0. The highest BCUT2D eigenvalue weighted by molar-refractivity contribution is 9.10. The zero-order chi connectivity index (χ0) is 9.30. The quantitative estimate of drug-likeness (QED) is 0.678. The number of aryl methyl sites for hydroxylation is 1. The van der Waals surface area contributed by atoms with E-state index in [1.54, 1.807) is 13.0 Å². The molecule has 3 heteroatoms. The van der Waals surface area contributed by atoms with Gasteiger partial charge in [0.1, 0.15) is 5.82 Å². The molecule has 64 valence electrons. The third kappa shape index (κ3) is 1.72. The lowest BCUT2D eigenvalue weighted by Crippen LogP contribution is -1.97. The molecule has 0 radical (unpaired) electrons. The van der Waals surface area contributed by atoms with Gasteiger partial charge in [-0.3, -0.25) is 4.79 Å². The molecule has 0 saturated heterocycles. The summed E-state index contributed by atoms with van der Waals surface area (Å²) in [5, 5.41) is 0. The van der Waals surface area contributed by atoms with Crippen LogP contribution >= 0.6 is 15.9 Å². The number of ketones is 1. The smallest absolute Gasteiger partial charge is 0.160 e. The van der Waals surface area contributed by atoms with Crippen molar-refractivity contribution in [2.24, 2.45) is 0 Å². The summed E-state index contributed by atoms with van der Waals surface area (Å²) in [5.41, 5.74) is 1.23. The van der Waals surface area contributed by atoms with E-state index in [0.29, 0.717) is 10.0 Å². The predicted molar refractivity (Wildman–Crippen MR) is 48.8 cm³/mol. The van der Waals surface area contributed by atoms with Crippen LogP contribution in [0.3, 0.4) is 0 Å². The Hall–Kier alpha value is -0.700. The molecule has 0 aromatic heterocycles. The zero-order valence-electron chi connectivity index (χ0n) is 6.82. The Labute approximate surface area is 78.7 Å². The van der Waals surface area contributed by atoms with E-state index in [0.717, 1.165) is 5.56 Å². The van der Waals surface area contributed by atoms with Gasteiger partial charge in [-0.2, -0.15) is 0 Å². The van der Waals surface area contributed by atoms with Crippen molar-refractivity contribution in [3.05, 3.63) is 33.5 Å². The maximum atomic E-state index is 12.9. The fourth-order valence-electron chi connectivity index (χ4n) is 1.03. The molecule has 1 aromatic carbocycles. The van der Waals surface area contributed by atoms with Gasteiger partial charge in [-0.25, -0.2) is 4.39 Å². The minimum Gasteiger partial charge on any atom is -0.294 e. The molecule has 0 bridgehead atoms. The van der Waals surface area contributed by atoms with Crippen LogP contribution < -0.4 is 0 Å². The first kappa shape index (κ1) is 9.39. The topological polar surface area (TPSA) is 17.1 Å². The third-order valence-corrected chi connectivity index (χ3v) is 2.25. The van der Waals surface area contributed by atoms with Gasteiger partial charge in [0.05, 0.1) is 4.47 Å². The van der Waals surface area contributed by atoms with Crippen LogP contribution in [0.2, 0.25) is 0 Å². The van der Waals surface area contributed by atoms with Crippen molar-refractivity contribution in [3.8, 4) is 0 Å². The van der Waals surface area contributed by atoms with Crippen LogP contribution in [-0.4, -0.2) is 5.78 Å². The normalized spacial score (nSPS) is 10.0. The Morgan fingerprint density at radius 2 is 2.08 bits per heavy atom. The molecule has 12 heavy (non-hydrogen) atoms. The van der Waals surface area contributed by atoms with Gasteiger partial charge in [0, 0.05) is 5.56 Å². The van der Waals surface area contributed by atoms with Crippen molar-refractivity contribution in [1.29, 1.82) is 0 Å². The van der Waals surface area contributed by atoms with E-state index in [2.05, 4.69) is 15.9 Å². The first-order valence-corrected chi connectivity index (χ1v) is 4.28. The van der Waals surface area contributed by atoms with Gasteiger partial charge in [0.2, 0.25) is 0 Å². The first-order chi connectivity index (χ1) is 5.52. The van der Waals surface area contributed by atoms with Crippen molar-refractivity contribution in [2.45, 2.75) is 13.8 Å². The van der Waals surface area contributed by atoms with Gasteiger partial charge >= 0.3 is 0 Å². The predicted octanol–water partition coefficient (Wildman–Crippen LogP) is 3.10. The molecule has 0 aliphatic heterocycles. The minimum atomic E-state index is -0.397. The van der Waals surface area contributed by atoms with Crippen LogP contribution in [-0.2, 0) is 0 Å². The molecular formula is C9H8BrFO. The number of rotatable bonds is 1. The van der Waals surface area contributed by atoms with E-state index < -0.39 is 5.82 Å². The van der Waals surface area contributed by atoms with Crippen LogP contribution in [0, 0.1) is 12.7 Å². The monoisotopic (exact) mass is 230 g/mol. The molecular weight excluding hydrogens is 223 g/mol. The number of hydrogen-bond acceptors (Lipinski definition) is 1. The third-order valence-electron chi connectivity index (χ3n) is 1.65. The summed E-state index contributed by atoms with van der Waals surface area (Å²) >= 11 is 3.04. The average Bonchev–Trinajstić information content (AvgIpc) is 1.96. The molecule has 0 aliphatic rings. The molecule has 0 unspecified atom stereocenters. The average molecular weight is 231 g/mol. The fourth-order valence-corrected chi connectivity index (χ4v) is 1.48. The van der Waals surface area contributed by atoms with E-state index in [-0.39, 0.29) is 5.78 Å². The molecule has 1 rings (SSSR count). The second-order valence-electron chi connectivity index (χ2n) is 2.64. The number of carbonyl (C=O) groups is 1. The lowest BCUT2D eigenvalue weighted by Gasteiger charge is -2.02. The largest absolute Gasteiger partial charge is 0.294 e. The summed E-state index contributed by atoms with van der Waals surface area (Å²) < 4.78 is 13.3. The lowest BCUT2D eigenvalue weighted by molar-refractivity contribution is 0.101. The van der Waals surface area contributed by atoms with Gasteiger partial charge in [0.25, 0.3) is 0 Å². The molecule has 0 saturated carbocycles. The van der Waals surface area contributed by atoms with Crippen molar-refractivity contribution < 1.29 is 9.18 Å². The number of benzene rings is 1. The molecule has 0 N–H and O–H groups in total. The van der Waals surface area contributed by atoms with Crippen LogP contribution in [0.25, 0.3) is 0 Å². The highest BCUT2D eigenvalue weighted by Crippen LogP contribution is 2.20. The first-order valence-electron chi connectivity index (χ1n) is 3.49. The van der Waals surface area contributed by atoms with E-state index >= 15 is 0 Å². The Bertz CT molecular complexity index is 334.